The molecule has 0 aliphatic carbocycles. The summed E-state index contributed by atoms with van der Waals surface area (Å²) in [7, 11) is 1.52. The van der Waals surface area contributed by atoms with Gasteiger partial charge in [-0.15, -0.1) is 0 Å². The molecule has 1 rings (SSSR count). The average Bonchev–Trinajstić information content (AvgIpc) is 2.29. The molecule has 0 aliphatic rings. The van der Waals surface area contributed by atoms with E-state index >= 15 is 0 Å². The standard InChI is InChI=1S/C10H12N2O5/c1-17-5-4-11-9-3-2-7(12(15)16)6-8(9)10(13)14/h2-3,6,11H,4-5H2,1H3,(H,13,14). The molecule has 0 atom stereocenters. The van der Waals surface area contributed by atoms with Crippen molar-refractivity contribution in [2.45, 2.75) is 0 Å². The highest BCUT2D eigenvalue weighted by Gasteiger charge is 2.15. The van der Waals surface area contributed by atoms with Gasteiger partial charge in [0.2, 0.25) is 0 Å². The molecule has 0 saturated heterocycles. The smallest absolute Gasteiger partial charge is 0.338 e. The summed E-state index contributed by atoms with van der Waals surface area (Å²) in [5.41, 5.74) is -0.0462. The number of nitro benzene ring substituents is 1. The zero-order chi connectivity index (χ0) is 12.8. The Balaban J connectivity index is 2.96. The lowest BCUT2D eigenvalue weighted by atomic mass is 10.1. The fraction of sp³-hybridized carbons (Fsp3) is 0.300. The van der Waals surface area contributed by atoms with Gasteiger partial charge in [0, 0.05) is 31.5 Å². The highest BCUT2D eigenvalue weighted by atomic mass is 16.6. The van der Waals surface area contributed by atoms with Crippen molar-refractivity contribution >= 4 is 17.3 Å². The number of carboxylic acids is 1. The summed E-state index contributed by atoms with van der Waals surface area (Å²) in [5, 5.41) is 22.3. The van der Waals surface area contributed by atoms with Gasteiger partial charge in [0.1, 0.15) is 0 Å². The Hall–Kier alpha value is -2.15. The summed E-state index contributed by atoms with van der Waals surface area (Å²) >= 11 is 0. The molecule has 92 valence electrons. The van der Waals surface area contributed by atoms with E-state index in [0.29, 0.717) is 18.8 Å². The van der Waals surface area contributed by atoms with E-state index in [1.807, 2.05) is 0 Å². The fourth-order valence-corrected chi connectivity index (χ4v) is 1.26. The normalized spacial score (nSPS) is 9.94. The van der Waals surface area contributed by atoms with Crippen LogP contribution in [0, 0.1) is 10.1 Å². The van der Waals surface area contributed by atoms with Crippen LogP contribution < -0.4 is 5.32 Å². The van der Waals surface area contributed by atoms with Gasteiger partial charge in [-0.05, 0) is 6.07 Å². The number of anilines is 1. The van der Waals surface area contributed by atoms with Crippen molar-refractivity contribution in [3.05, 3.63) is 33.9 Å². The Morgan fingerprint density at radius 2 is 2.29 bits per heavy atom. The molecule has 0 unspecified atom stereocenters. The van der Waals surface area contributed by atoms with Crippen LogP contribution in [0.4, 0.5) is 11.4 Å². The number of rotatable bonds is 6. The topological polar surface area (TPSA) is 102 Å². The number of carboxylic acid groups (broad SMARTS) is 1. The summed E-state index contributed by atoms with van der Waals surface area (Å²) in [4.78, 5) is 20.8. The predicted octanol–water partition coefficient (Wildman–Crippen LogP) is 1.35. The van der Waals surface area contributed by atoms with Crippen LogP contribution in [0.3, 0.4) is 0 Å². The van der Waals surface area contributed by atoms with Crippen molar-refractivity contribution in [2.75, 3.05) is 25.6 Å². The molecule has 2 N–H and O–H groups in total. The molecule has 7 heteroatoms. The van der Waals surface area contributed by atoms with E-state index in [0.717, 1.165) is 6.07 Å². The molecule has 0 heterocycles. The number of nitro groups is 1. The van der Waals surface area contributed by atoms with Gasteiger partial charge in [0.25, 0.3) is 5.69 Å². The highest BCUT2D eigenvalue weighted by Crippen LogP contribution is 2.21. The first-order chi connectivity index (χ1) is 8.06. The number of benzene rings is 1. The number of nitrogens with zero attached hydrogens (tertiary/aromatic N) is 1. The number of methoxy groups -OCH3 is 1. The van der Waals surface area contributed by atoms with Crippen molar-refractivity contribution in [1.82, 2.24) is 0 Å². The number of hydrogen-bond donors (Lipinski definition) is 2. The van der Waals surface area contributed by atoms with Gasteiger partial charge < -0.3 is 15.2 Å². The molecule has 0 spiro atoms. The van der Waals surface area contributed by atoms with E-state index in [-0.39, 0.29) is 11.3 Å². The van der Waals surface area contributed by atoms with Crippen molar-refractivity contribution < 1.29 is 19.6 Å². The molecule has 0 bridgehead atoms. The largest absolute Gasteiger partial charge is 0.478 e. The van der Waals surface area contributed by atoms with E-state index in [1.54, 1.807) is 0 Å². The van der Waals surface area contributed by atoms with Crippen LogP contribution in [0.2, 0.25) is 0 Å². The minimum absolute atomic E-state index is 0.129. The molecule has 0 aliphatic heterocycles. The SMILES string of the molecule is COCCNc1ccc([N+](=O)[O-])cc1C(=O)O. The molecule has 0 saturated carbocycles. The summed E-state index contributed by atoms with van der Waals surface area (Å²) < 4.78 is 4.81. The number of carbonyl (C=O) groups is 1. The van der Waals surface area contributed by atoms with E-state index in [1.165, 1.54) is 19.2 Å². The van der Waals surface area contributed by atoms with E-state index in [2.05, 4.69) is 5.32 Å². The zero-order valence-electron chi connectivity index (χ0n) is 9.17. The molecule has 7 nitrogen and oxygen atoms in total. The third kappa shape index (κ3) is 3.42. The Kier molecular flexibility index (Phi) is 4.41. The van der Waals surface area contributed by atoms with Crippen LogP contribution in [0.15, 0.2) is 18.2 Å². The van der Waals surface area contributed by atoms with Crippen molar-refractivity contribution in [3.8, 4) is 0 Å². The monoisotopic (exact) mass is 240 g/mol. The van der Waals surface area contributed by atoms with Crippen molar-refractivity contribution in [2.24, 2.45) is 0 Å². The second kappa shape index (κ2) is 5.80. The predicted molar refractivity (Wildman–Crippen MR) is 60.4 cm³/mol. The first-order valence-electron chi connectivity index (χ1n) is 4.80. The molecule has 1 aromatic rings. The summed E-state index contributed by atoms with van der Waals surface area (Å²) in [6, 6.07) is 3.65. The van der Waals surface area contributed by atoms with E-state index in [9.17, 15) is 14.9 Å². The first-order valence-corrected chi connectivity index (χ1v) is 4.80. The quantitative estimate of drug-likeness (QED) is 0.442. The minimum atomic E-state index is -1.21. The van der Waals surface area contributed by atoms with Gasteiger partial charge in [-0.25, -0.2) is 4.79 Å². The van der Waals surface area contributed by atoms with Gasteiger partial charge in [0.05, 0.1) is 17.1 Å². The van der Waals surface area contributed by atoms with Crippen LogP contribution in [-0.4, -0.2) is 36.3 Å². The Bertz CT molecular complexity index is 433. The molecular formula is C10H12N2O5. The summed E-state index contributed by atoms with van der Waals surface area (Å²) in [5.74, 6) is -1.21. The fourth-order valence-electron chi connectivity index (χ4n) is 1.26. The number of hydrogen-bond acceptors (Lipinski definition) is 5. The molecule has 0 aromatic heterocycles. The van der Waals surface area contributed by atoms with E-state index in [4.69, 9.17) is 9.84 Å². The maximum Gasteiger partial charge on any atom is 0.338 e. The summed E-state index contributed by atoms with van der Waals surface area (Å²) in [6.07, 6.45) is 0. The van der Waals surface area contributed by atoms with Crippen LogP contribution in [0.25, 0.3) is 0 Å². The lowest BCUT2D eigenvalue weighted by Crippen LogP contribution is -2.11. The molecule has 1 aromatic carbocycles. The zero-order valence-corrected chi connectivity index (χ0v) is 9.17. The van der Waals surface area contributed by atoms with Gasteiger partial charge in [-0.1, -0.05) is 0 Å². The third-order valence-electron chi connectivity index (χ3n) is 2.07. The number of ether oxygens (including phenoxy) is 1. The molecular weight excluding hydrogens is 228 g/mol. The van der Waals surface area contributed by atoms with Crippen molar-refractivity contribution in [3.63, 3.8) is 0 Å². The molecule has 17 heavy (non-hydrogen) atoms. The van der Waals surface area contributed by atoms with Crippen LogP contribution in [-0.2, 0) is 4.74 Å². The Labute approximate surface area is 97.2 Å². The Morgan fingerprint density at radius 1 is 1.59 bits per heavy atom. The van der Waals surface area contributed by atoms with Crippen molar-refractivity contribution in [1.29, 1.82) is 0 Å². The number of nitrogens with one attached hydrogen (secondary N) is 1. The molecule has 0 fully saturated rings. The second-order valence-electron chi connectivity index (χ2n) is 3.21. The highest BCUT2D eigenvalue weighted by molar-refractivity contribution is 5.95. The third-order valence-corrected chi connectivity index (χ3v) is 2.07. The van der Waals surface area contributed by atoms with Gasteiger partial charge in [0.15, 0.2) is 0 Å². The Morgan fingerprint density at radius 3 is 2.82 bits per heavy atom. The minimum Gasteiger partial charge on any atom is -0.478 e. The summed E-state index contributed by atoms with van der Waals surface area (Å²) in [6.45, 7) is 0.838. The van der Waals surface area contributed by atoms with E-state index < -0.39 is 10.9 Å². The van der Waals surface area contributed by atoms with Crippen LogP contribution in [0.1, 0.15) is 10.4 Å². The van der Waals surface area contributed by atoms with Gasteiger partial charge in [-0.3, -0.25) is 10.1 Å². The average molecular weight is 240 g/mol. The molecule has 0 amide bonds. The number of aromatic carboxylic acids is 1. The maximum absolute atomic E-state index is 10.9. The molecule has 0 radical (unpaired) electrons. The second-order valence-corrected chi connectivity index (χ2v) is 3.21. The maximum atomic E-state index is 10.9. The van der Waals surface area contributed by atoms with Gasteiger partial charge >= 0.3 is 5.97 Å². The lowest BCUT2D eigenvalue weighted by Gasteiger charge is -2.08. The van der Waals surface area contributed by atoms with Gasteiger partial charge in [-0.2, -0.15) is 0 Å². The van der Waals surface area contributed by atoms with Crippen LogP contribution in [0.5, 0.6) is 0 Å². The van der Waals surface area contributed by atoms with Crippen LogP contribution >= 0.6 is 0 Å². The lowest BCUT2D eigenvalue weighted by molar-refractivity contribution is -0.384. The number of non-ortho nitro benzene ring substituents is 1. The first kappa shape index (κ1) is 12.9.